The molecule has 0 bridgehead atoms. The summed E-state index contributed by atoms with van der Waals surface area (Å²) in [4.78, 5) is 24.0. The molecule has 98 valence electrons. The minimum absolute atomic E-state index is 0.0813. The Bertz CT molecular complexity index is 236. The lowest BCUT2D eigenvalue weighted by molar-refractivity contribution is -0.154. The molecule has 0 aromatic carbocycles. The highest BCUT2D eigenvalue weighted by molar-refractivity contribution is 5.99. The Kier molecular flexibility index (Phi) is 6.23. The summed E-state index contributed by atoms with van der Waals surface area (Å²) in [6.07, 6.45) is 6.81. The number of hydrogen-bond acceptors (Lipinski definition) is 3. The molecule has 17 heavy (non-hydrogen) atoms. The molecule has 1 aliphatic carbocycles. The van der Waals surface area contributed by atoms with E-state index < -0.39 is 5.92 Å². The Morgan fingerprint density at radius 3 is 2.35 bits per heavy atom. The van der Waals surface area contributed by atoms with Crippen LogP contribution in [0.2, 0.25) is 0 Å². The Morgan fingerprint density at radius 2 is 1.82 bits per heavy atom. The van der Waals surface area contributed by atoms with Gasteiger partial charge in [-0.1, -0.05) is 26.2 Å². The smallest absolute Gasteiger partial charge is 0.316 e. The average Bonchev–Trinajstić information content (AvgIpc) is 2.31. The number of rotatable bonds is 6. The zero-order chi connectivity index (χ0) is 12.7. The van der Waals surface area contributed by atoms with Crippen molar-refractivity contribution in [3.8, 4) is 0 Å². The normalized spacial score (nSPS) is 18.7. The lowest BCUT2D eigenvalue weighted by atomic mass is 9.77. The molecule has 0 aromatic rings. The average molecular weight is 240 g/mol. The van der Waals surface area contributed by atoms with Crippen molar-refractivity contribution in [2.45, 2.75) is 58.8 Å². The first-order chi connectivity index (χ1) is 8.20. The van der Waals surface area contributed by atoms with Crippen molar-refractivity contribution in [3.05, 3.63) is 0 Å². The summed E-state index contributed by atoms with van der Waals surface area (Å²) in [6, 6.07) is 0. The maximum absolute atomic E-state index is 12.1. The van der Waals surface area contributed by atoms with Crippen LogP contribution in [0.15, 0.2) is 0 Å². The van der Waals surface area contributed by atoms with Crippen LogP contribution in [0.3, 0.4) is 0 Å². The minimum atomic E-state index is -0.491. The molecule has 1 aliphatic rings. The lowest BCUT2D eigenvalue weighted by Gasteiger charge is -2.27. The molecular weight excluding hydrogens is 216 g/mol. The third kappa shape index (κ3) is 4.14. The van der Waals surface area contributed by atoms with Crippen molar-refractivity contribution >= 4 is 11.8 Å². The van der Waals surface area contributed by atoms with E-state index in [9.17, 15) is 9.59 Å². The van der Waals surface area contributed by atoms with Crippen LogP contribution in [0.25, 0.3) is 0 Å². The van der Waals surface area contributed by atoms with Gasteiger partial charge >= 0.3 is 5.97 Å². The summed E-state index contributed by atoms with van der Waals surface area (Å²) in [7, 11) is 0. The predicted octanol–water partition coefficient (Wildman–Crippen LogP) is 3.12. The molecule has 0 radical (unpaired) electrons. The van der Waals surface area contributed by atoms with E-state index in [1.54, 1.807) is 6.92 Å². The van der Waals surface area contributed by atoms with Gasteiger partial charge in [0, 0.05) is 6.42 Å². The molecule has 1 rings (SSSR count). The Labute approximate surface area is 104 Å². The molecule has 1 unspecified atom stereocenters. The van der Waals surface area contributed by atoms with Crippen molar-refractivity contribution < 1.29 is 14.3 Å². The Morgan fingerprint density at radius 1 is 1.18 bits per heavy atom. The predicted molar refractivity (Wildman–Crippen MR) is 66.6 cm³/mol. The van der Waals surface area contributed by atoms with Gasteiger partial charge in [0.05, 0.1) is 6.61 Å². The lowest BCUT2D eigenvalue weighted by Crippen LogP contribution is -2.34. The molecule has 0 saturated heterocycles. The Balaban J connectivity index is 2.69. The van der Waals surface area contributed by atoms with Crippen LogP contribution in [-0.2, 0) is 14.3 Å². The van der Waals surface area contributed by atoms with Gasteiger partial charge in [-0.05, 0) is 32.1 Å². The molecule has 3 nitrogen and oxygen atoms in total. The van der Waals surface area contributed by atoms with Gasteiger partial charge in [-0.2, -0.15) is 0 Å². The molecule has 0 amide bonds. The number of ketones is 1. The van der Waals surface area contributed by atoms with Crippen LogP contribution >= 0.6 is 0 Å². The van der Waals surface area contributed by atoms with E-state index in [4.69, 9.17) is 4.74 Å². The van der Waals surface area contributed by atoms with Gasteiger partial charge in [-0.15, -0.1) is 0 Å². The van der Waals surface area contributed by atoms with Crippen LogP contribution in [0.4, 0.5) is 0 Å². The van der Waals surface area contributed by atoms with Gasteiger partial charge in [0.2, 0.25) is 0 Å². The standard InChI is InChI=1S/C14H24O3/c1-3-8-12(15)13(14(16)17-4-2)11-9-6-5-7-10-11/h11,13H,3-10H2,1-2H3. The van der Waals surface area contributed by atoms with Crippen LogP contribution in [-0.4, -0.2) is 18.4 Å². The molecule has 3 heteroatoms. The monoisotopic (exact) mass is 240 g/mol. The first-order valence-corrected chi connectivity index (χ1v) is 6.90. The summed E-state index contributed by atoms with van der Waals surface area (Å²) < 4.78 is 5.06. The summed E-state index contributed by atoms with van der Waals surface area (Å²) in [5.41, 5.74) is 0. The van der Waals surface area contributed by atoms with Crippen LogP contribution in [0.1, 0.15) is 58.8 Å². The van der Waals surface area contributed by atoms with E-state index in [0.717, 1.165) is 32.1 Å². The summed E-state index contributed by atoms with van der Waals surface area (Å²) >= 11 is 0. The maximum atomic E-state index is 12.1. The fraction of sp³-hybridized carbons (Fsp3) is 0.857. The number of ether oxygens (including phenoxy) is 1. The molecule has 0 heterocycles. The van der Waals surface area contributed by atoms with E-state index in [1.165, 1.54) is 6.42 Å². The number of esters is 1. The molecule has 1 saturated carbocycles. The van der Waals surface area contributed by atoms with E-state index >= 15 is 0 Å². The van der Waals surface area contributed by atoms with Gasteiger partial charge in [0.25, 0.3) is 0 Å². The van der Waals surface area contributed by atoms with Gasteiger partial charge < -0.3 is 4.74 Å². The second-order valence-electron chi connectivity index (χ2n) is 4.84. The zero-order valence-electron chi connectivity index (χ0n) is 11.0. The van der Waals surface area contributed by atoms with Gasteiger partial charge in [0.1, 0.15) is 11.7 Å². The first kappa shape index (κ1) is 14.2. The number of carbonyl (C=O) groups excluding carboxylic acids is 2. The second kappa shape index (κ2) is 7.46. The Hall–Kier alpha value is -0.860. The highest BCUT2D eigenvalue weighted by Crippen LogP contribution is 2.32. The second-order valence-corrected chi connectivity index (χ2v) is 4.84. The quantitative estimate of drug-likeness (QED) is 0.529. The zero-order valence-corrected chi connectivity index (χ0v) is 11.0. The van der Waals surface area contributed by atoms with Crippen LogP contribution < -0.4 is 0 Å². The van der Waals surface area contributed by atoms with Crippen LogP contribution in [0, 0.1) is 11.8 Å². The topological polar surface area (TPSA) is 43.4 Å². The van der Waals surface area contributed by atoms with Crippen LogP contribution in [0.5, 0.6) is 0 Å². The van der Waals surface area contributed by atoms with Gasteiger partial charge in [-0.3, -0.25) is 9.59 Å². The minimum Gasteiger partial charge on any atom is -0.465 e. The molecule has 0 spiro atoms. The molecular formula is C14H24O3. The van der Waals surface area contributed by atoms with Gasteiger partial charge in [0.15, 0.2) is 0 Å². The fourth-order valence-corrected chi connectivity index (χ4v) is 2.69. The number of Topliss-reactive ketones (excluding diaryl/α,β-unsaturated/α-hetero) is 1. The molecule has 1 atom stereocenters. The summed E-state index contributed by atoms with van der Waals surface area (Å²) in [5, 5.41) is 0. The summed E-state index contributed by atoms with van der Waals surface area (Å²) in [5.74, 6) is -0.479. The van der Waals surface area contributed by atoms with Crippen molar-refractivity contribution in [1.29, 1.82) is 0 Å². The van der Waals surface area contributed by atoms with E-state index in [2.05, 4.69) is 0 Å². The van der Waals surface area contributed by atoms with E-state index in [-0.39, 0.29) is 17.7 Å². The highest BCUT2D eigenvalue weighted by Gasteiger charge is 2.35. The van der Waals surface area contributed by atoms with Crippen molar-refractivity contribution in [3.63, 3.8) is 0 Å². The maximum Gasteiger partial charge on any atom is 0.316 e. The number of hydrogen-bond donors (Lipinski definition) is 0. The van der Waals surface area contributed by atoms with Crippen molar-refractivity contribution in [2.75, 3.05) is 6.61 Å². The molecule has 0 aromatic heterocycles. The van der Waals surface area contributed by atoms with Crippen molar-refractivity contribution in [2.24, 2.45) is 11.8 Å². The highest BCUT2D eigenvalue weighted by atomic mass is 16.5. The van der Waals surface area contributed by atoms with Crippen molar-refractivity contribution in [1.82, 2.24) is 0 Å². The third-order valence-corrected chi connectivity index (χ3v) is 3.51. The largest absolute Gasteiger partial charge is 0.465 e. The van der Waals surface area contributed by atoms with Gasteiger partial charge in [-0.25, -0.2) is 0 Å². The van der Waals surface area contributed by atoms with E-state index in [0.29, 0.717) is 13.0 Å². The molecule has 1 fully saturated rings. The van der Waals surface area contributed by atoms with E-state index in [1.807, 2.05) is 6.92 Å². The SMILES string of the molecule is CCCC(=O)C(C(=O)OCC)C1CCCCC1. The summed E-state index contributed by atoms with van der Waals surface area (Å²) in [6.45, 7) is 4.13. The molecule has 0 aliphatic heterocycles. The molecule has 0 N–H and O–H groups in total. The first-order valence-electron chi connectivity index (χ1n) is 6.90. The third-order valence-electron chi connectivity index (χ3n) is 3.51. The fourth-order valence-electron chi connectivity index (χ4n) is 2.69. The number of carbonyl (C=O) groups is 2.